The average Bonchev–Trinajstić information content (AvgIpc) is 3.34. The van der Waals surface area contributed by atoms with Crippen LogP contribution in [0.5, 0.6) is 0 Å². The molecule has 33 heavy (non-hydrogen) atoms. The van der Waals surface area contributed by atoms with Crippen LogP contribution in [0.2, 0.25) is 5.02 Å². The molecule has 0 fully saturated rings. The number of benzene rings is 1. The highest BCUT2D eigenvalue weighted by atomic mass is 35.5. The monoisotopic (exact) mass is 474 g/mol. The Kier molecular flexibility index (Phi) is 5.26. The number of amidine groups is 2. The van der Waals surface area contributed by atoms with E-state index in [2.05, 4.69) is 19.6 Å². The number of hydrogen-bond acceptors (Lipinski definition) is 5. The first-order valence-corrected chi connectivity index (χ1v) is 11.4. The zero-order valence-electron chi connectivity index (χ0n) is 18.1. The van der Waals surface area contributed by atoms with E-state index in [1.807, 2.05) is 57.2 Å². The molecule has 9 heteroatoms. The van der Waals surface area contributed by atoms with Gasteiger partial charge in [-0.05, 0) is 80.1 Å². The van der Waals surface area contributed by atoms with Crippen LogP contribution in [0.3, 0.4) is 0 Å². The molecule has 1 aromatic carbocycles. The highest BCUT2D eigenvalue weighted by Crippen LogP contribution is 2.32. The topological polar surface area (TPSA) is 86.7 Å². The third-order valence-corrected chi connectivity index (χ3v) is 6.91. The number of amides is 1. The average molecular weight is 475 g/mol. The quantitative estimate of drug-likeness (QED) is 0.534. The summed E-state index contributed by atoms with van der Waals surface area (Å²) in [6, 6.07) is 11.6. The van der Waals surface area contributed by atoms with E-state index in [4.69, 9.17) is 17.0 Å². The molecular formula is C24H19ClN6OS. The summed E-state index contributed by atoms with van der Waals surface area (Å²) in [4.78, 5) is 21.1. The van der Waals surface area contributed by atoms with Gasteiger partial charge in [-0.1, -0.05) is 17.7 Å². The maximum absolute atomic E-state index is 12.8. The van der Waals surface area contributed by atoms with Gasteiger partial charge >= 0.3 is 0 Å². The first kappa shape index (κ1) is 21.4. The normalized spacial score (nSPS) is 16.8. The van der Waals surface area contributed by atoms with E-state index in [0.29, 0.717) is 15.2 Å². The molecule has 2 aromatic heterocycles. The number of rotatable bonds is 3. The number of thioether (sulfide) groups is 1. The lowest BCUT2D eigenvalue weighted by Gasteiger charge is -2.20. The van der Waals surface area contributed by atoms with Crippen LogP contribution in [-0.4, -0.2) is 36.5 Å². The van der Waals surface area contributed by atoms with E-state index in [1.165, 1.54) is 16.8 Å². The third-order valence-electron chi connectivity index (χ3n) is 5.55. The van der Waals surface area contributed by atoms with E-state index in [1.54, 1.807) is 18.5 Å². The predicted octanol–water partition coefficient (Wildman–Crippen LogP) is 5.12. The van der Waals surface area contributed by atoms with Crippen molar-refractivity contribution in [2.45, 2.75) is 20.8 Å². The van der Waals surface area contributed by atoms with Crippen molar-refractivity contribution >= 4 is 51.4 Å². The van der Waals surface area contributed by atoms with Crippen LogP contribution in [0, 0.1) is 26.2 Å². The number of fused-ring (bicyclic) bond motifs is 1. The highest BCUT2D eigenvalue weighted by Gasteiger charge is 2.36. The summed E-state index contributed by atoms with van der Waals surface area (Å²) in [5.74, 6) is -0.454. The van der Waals surface area contributed by atoms with Crippen molar-refractivity contribution in [2.24, 2.45) is 10.1 Å². The molecule has 0 bridgehead atoms. The molecule has 2 aliphatic heterocycles. The number of aromatic nitrogens is 2. The van der Waals surface area contributed by atoms with Crippen LogP contribution in [0.1, 0.15) is 28.1 Å². The standard InChI is InChI=1S/C24H19ClN6OS/c1-13-6-7-18(11-20(13)25)30-14(2)9-17(15(30)3)10-19-21(26)31-24(28-22(19)32)33-23(29-31)16-5-4-8-27-12-16/h4-12,26H,1-3H3. The van der Waals surface area contributed by atoms with Crippen LogP contribution in [0.4, 0.5) is 0 Å². The molecule has 0 spiro atoms. The number of nitrogens with zero attached hydrogens (tertiary/aromatic N) is 5. The van der Waals surface area contributed by atoms with Crippen molar-refractivity contribution in [1.29, 1.82) is 5.41 Å². The van der Waals surface area contributed by atoms with Gasteiger partial charge in [0.2, 0.25) is 5.17 Å². The fourth-order valence-electron chi connectivity index (χ4n) is 3.81. The van der Waals surface area contributed by atoms with E-state index in [9.17, 15) is 4.79 Å². The van der Waals surface area contributed by atoms with Gasteiger partial charge in [0.05, 0.1) is 5.57 Å². The zero-order chi connectivity index (χ0) is 23.3. The summed E-state index contributed by atoms with van der Waals surface area (Å²) in [6.45, 7) is 5.93. The first-order valence-electron chi connectivity index (χ1n) is 10.2. The Morgan fingerprint density at radius 3 is 2.70 bits per heavy atom. The predicted molar refractivity (Wildman–Crippen MR) is 133 cm³/mol. The number of pyridine rings is 1. The van der Waals surface area contributed by atoms with Gasteiger partial charge in [0.1, 0.15) is 5.04 Å². The van der Waals surface area contributed by atoms with Crippen molar-refractivity contribution in [3.8, 4) is 5.69 Å². The van der Waals surface area contributed by atoms with Crippen LogP contribution in [0.25, 0.3) is 11.8 Å². The second kappa shape index (κ2) is 8.13. The lowest BCUT2D eigenvalue weighted by Crippen LogP contribution is -2.35. The van der Waals surface area contributed by atoms with Gasteiger partial charge in [-0.2, -0.15) is 15.1 Å². The van der Waals surface area contributed by atoms with Gasteiger partial charge in [-0.3, -0.25) is 15.2 Å². The molecule has 164 valence electrons. The van der Waals surface area contributed by atoms with E-state index >= 15 is 0 Å². The fourth-order valence-corrected chi connectivity index (χ4v) is 4.86. The molecule has 5 rings (SSSR count). The lowest BCUT2D eigenvalue weighted by atomic mass is 10.1. The zero-order valence-corrected chi connectivity index (χ0v) is 19.7. The summed E-state index contributed by atoms with van der Waals surface area (Å²) < 4.78 is 2.08. The third kappa shape index (κ3) is 3.71. The number of carbonyl (C=O) groups is 1. The summed E-state index contributed by atoms with van der Waals surface area (Å²) >= 11 is 7.59. The molecule has 0 saturated heterocycles. The lowest BCUT2D eigenvalue weighted by molar-refractivity contribution is -0.114. The van der Waals surface area contributed by atoms with E-state index < -0.39 is 5.91 Å². The molecule has 0 unspecified atom stereocenters. The maximum Gasteiger partial charge on any atom is 0.283 e. The first-order chi connectivity index (χ1) is 15.8. The van der Waals surface area contributed by atoms with Crippen LogP contribution in [0.15, 0.2) is 64.5 Å². The molecule has 0 atom stereocenters. The summed E-state index contributed by atoms with van der Waals surface area (Å²) in [7, 11) is 0. The number of carbonyl (C=O) groups excluding carboxylic acids is 1. The molecule has 1 amide bonds. The van der Waals surface area contributed by atoms with E-state index in [0.717, 1.165) is 33.8 Å². The van der Waals surface area contributed by atoms with Crippen LogP contribution in [-0.2, 0) is 4.79 Å². The Bertz CT molecular complexity index is 1420. The molecule has 2 aliphatic rings. The van der Waals surface area contributed by atoms with Gasteiger partial charge in [-0.15, -0.1) is 0 Å². The SMILES string of the molecule is Cc1ccc(-n2c(C)cc(C=C3C(=N)N4N=C(c5cccnc5)SC4=NC3=O)c2C)cc1Cl. The molecular weight excluding hydrogens is 456 g/mol. The second-order valence-electron chi connectivity index (χ2n) is 7.76. The van der Waals surface area contributed by atoms with Crippen LogP contribution >= 0.6 is 23.4 Å². The highest BCUT2D eigenvalue weighted by molar-refractivity contribution is 8.27. The Labute approximate surface area is 200 Å². The number of halogens is 1. The van der Waals surface area contributed by atoms with Crippen molar-refractivity contribution in [3.05, 3.63) is 87.5 Å². The van der Waals surface area contributed by atoms with Crippen molar-refractivity contribution in [1.82, 2.24) is 14.6 Å². The Morgan fingerprint density at radius 1 is 1.15 bits per heavy atom. The Morgan fingerprint density at radius 2 is 1.97 bits per heavy atom. The minimum Gasteiger partial charge on any atom is -0.318 e. The summed E-state index contributed by atoms with van der Waals surface area (Å²) in [6.07, 6.45) is 5.09. The number of hydrogen-bond donors (Lipinski definition) is 1. The van der Waals surface area contributed by atoms with Gasteiger partial charge in [0, 0.05) is 40.1 Å². The molecule has 0 aliphatic carbocycles. The van der Waals surface area contributed by atoms with Crippen molar-refractivity contribution in [2.75, 3.05) is 0 Å². The van der Waals surface area contributed by atoms with Gasteiger partial charge in [-0.25, -0.2) is 0 Å². The van der Waals surface area contributed by atoms with Crippen LogP contribution < -0.4 is 0 Å². The van der Waals surface area contributed by atoms with Crippen molar-refractivity contribution < 1.29 is 4.79 Å². The molecule has 4 heterocycles. The van der Waals surface area contributed by atoms with Gasteiger partial charge in [0.15, 0.2) is 5.84 Å². The van der Waals surface area contributed by atoms with Gasteiger partial charge < -0.3 is 4.57 Å². The largest absolute Gasteiger partial charge is 0.318 e. The fraction of sp³-hybridized carbons (Fsp3) is 0.125. The number of aliphatic imine (C=N–C) groups is 1. The molecule has 1 N–H and O–H groups in total. The second-order valence-corrected chi connectivity index (χ2v) is 9.13. The minimum absolute atomic E-state index is 0.000395. The molecule has 7 nitrogen and oxygen atoms in total. The molecule has 3 aromatic rings. The number of aryl methyl sites for hydroxylation is 2. The van der Waals surface area contributed by atoms with Crippen molar-refractivity contribution in [3.63, 3.8) is 0 Å². The Balaban J connectivity index is 1.52. The molecule has 0 radical (unpaired) electrons. The Hall–Kier alpha value is -3.49. The molecule has 0 saturated carbocycles. The minimum atomic E-state index is -0.454. The van der Waals surface area contributed by atoms with Gasteiger partial charge in [0.25, 0.3) is 5.91 Å². The number of nitrogens with one attached hydrogen (secondary N) is 1. The maximum atomic E-state index is 12.8. The van der Waals surface area contributed by atoms with E-state index in [-0.39, 0.29) is 11.4 Å². The smallest absolute Gasteiger partial charge is 0.283 e. The summed E-state index contributed by atoms with van der Waals surface area (Å²) in [5, 5.41) is 16.3. The summed E-state index contributed by atoms with van der Waals surface area (Å²) in [5.41, 5.74) is 5.72. The number of hydrazone groups is 1.